The van der Waals surface area contributed by atoms with Crippen LogP contribution < -0.4 is 4.90 Å². The average molecular weight is 250 g/mol. The van der Waals surface area contributed by atoms with E-state index < -0.39 is 0 Å². The van der Waals surface area contributed by atoms with Crippen molar-refractivity contribution in [3.05, 3.63) is 66.2 Å². The zero-order chi connectivity index (χ0) is 13.5. The SMILES string of the molecule is N#CCCN(C(=O)c1ccccc1)c1ccccc1. The number of nitriles is 1. The van der Waals surface area contributed by atoms with E-state index in [0.29, 0.717) is 18.5 Å². The quantitative estimate of drug-likeness (QED) is 0.836. The highest BCUT2D eigenvalue weighted by Crippen LogP contribution is 2.17. The molecule has 2 aromatic carbocycles. The molecule has 0 bridgehead atoms. The summed E-state index contributed by atoms with van der Waals surface area (Å²) in [7, 11) is 0. The van der Waals surface area contributed by atoms with E-state index in [1.165, 1.54) is 0 Å². The number of carbonyl (C=O) groups excluding carboxylic acids is 1. The third kappa shape index (κ3) is 3.20. The van der Waals surface area contributed by atoms with Gasteiger partial charge >= 0.3 is 0 Å². The highest BCUT2D eigenvalue weighted by molar-refractivity contribution is 6.06. The molecule has 0 N–H and O–H groups in total. The second kappa shape index (κ2) is 6.36. The number of rotatable bonds is 4. The number of benzene rings is 2. The molecule has 3 heteroatoms. The topological polar surface area (TPSA) is 44.1 Å². The minimum absolute atomic E-state index is 0.0814. The molecule has 0 atom stereocenters. The lowest BCUT2D eigenvalue weighted by Crippen LogP contribution is -2.31. The predicted octanol–water partition coefficient (Wildman–Crippen LogP) is 3.25. The Hall–Kier alpha value is -2.60. The summed E-state index contributed by atoms with van der Waals surface area (Å²) < 4.78 is 0. The van der Waals surface area contributed by atoms with E-state index in [0.717, 1.165) is 5.69 Å². The van der Waals surface area contributed by atoms with E-state index >= 15 is 0 Å². The third-order valence-corrected chi connectivity index (χ3v) is 2.78. The van der Waals surface area contributed by atoms with Gasteiger partial charge in [-0.05, 0) is 24.3 Å². The lowest BCUT2D eigenvalue weighted by atomic mass is 10.1. The molecule has 0 saturated carbocycles. The smallest absolute Gasteiger partial charge is 0.258 e. The first-order chi connectivity index (χ1) is 9.33. The van der Waals surface area contributed by atoms with Gasteiger partial charge in [-0.15, -0.1) is 0 Å². The third-order valence-electron chi connectivity index (χ3n) is 2.78. The molecule has 0 unspecified atom stereocenters. The van der Waals surface area contributed by atoms with Gasteiger partial charge in [0.1, 0.15) is 0 Å². The first-order valence-corrected chi connectivity index (χ1v) is 6.12. The first kappa shape index (κ1) is 12.8. The van der Waals surface area contributed by atoms with Crippen molar-refractivity contribution in [2.45, 2.75) is 6.42 Å². The monoisotopic (exact) mass is 250 g/mol. The Morgan fingerprint density at radius 1 is 1.00 bits per heavy atom. The predicted molar refractivity (Wildman–Crippen MR) is 74.8 cm³/mol. The van der Waals surface area contributed by atoms with Gasteiger partial charge in [-0.25, -0.2) is 0 Å². The van der Waals surface area contributed by atoms with Gasteiger partial charge < -0.3 is 4.90 Å². The Kier molecular flexibility index (Phi) is 4.30. The Morgan fingerprint density at radius 3 is 2.16 bits per heavy atom. The maximum absolute atomic E-state index is 12.5. The molecule has 0 aliphatic heterocycles. The van der Waals surface area contributed by atoms with Crippen LogP contribution in [0.15, 0.2) is 60.7 Å². The number of anilines is 1. The number of hydrogen-bond acceptors (Lipinski definition) is 2. The fourth-order valence-electron chi connectivity index (χ4n) is 1.85. The molecule has 1 amide bonds. The number of nitrogens with zero attached hydrogens (tertiary/aromatic N) is 2. The average Bonchev–Trinajstić information content (AvgIpc) is 2.49. The van der Waals surface area contributed by atoms with Crippen molar-refractivity contribution in [3.8, 4) is 6.07 Å². The minimum atomic E-state index is -0.0814. The van der Waals surface area contributed by atoms with Crippen LogP contribution in [0.4, 0.5) is 5.69 Å². The van der Waals surface area contributed by atoms with Gasteiger partial charge in [-0.2, -0.15) is 5.26 Å². The normalized spacial score (nSPS) is 9.63. The highest BCUT2D eigenvalue weighted by Gasteiger charge is 2.16. The van der Waals surface area contributed by atoms with Gasteiger partial charge in [0.15, 0.2) is 0 Å². The lowest BCUT2D eigenvalue weighted by molar-refractivity contribution is 0.0987. The van der Waals surface area contributed by atoms with E-state index in [-0.39, 0.29) is 5.91 Å². The van der Waals surface area contributed by atoms with Crippen molar-refractivity contribution in [1.82, 2.24) is 0 Å². The maximum Gasteiger partial charge on any atom is 0.258 e. The van der Waals surface area contributed by atoms with Crippen LogP contribution in [0, 0.1) is 11.3 Å². The Labute approximate surface area is 112 Å². The minimum Gasteiger partial charge on any atom is -0.307 e. The number of hydrogen-bond donors (Lipinski definition) is 0. The second-order valence-corrected chi connectivity index (χ2v) is 4.07. The van der Waals surface area contributed by atoms with Gasteiger partial charge in [-0.1, -0.05) is 36.4 Å². The van der Waals surface area contributed by atoms with Crippen LogP contribution in [0.2, 0.25) is 0 Å². The molecule has 2 rings (SSSR count). The summed E-state index contributed by atoms with van der Waals surface area (Å²) in [4.78, 5) is 14.1. The van der Waals surface area contributed by atoms with Crippen LogP contribution in [0.1, 0.15) is 16.8 Å². The molecule has 0 saturated heterocycles. The van der Waals surface area contributed by atoms with Crippen LogP contribution in [-0.4, -0.2) is 12.5 Å². The fourth-order valence-corrected chi connectivity index (χ4v) is 1.85. The molecule has 3 nitrogen and oxygen atoms in total. The van der Waals surface area contributed by atoms with Crippen LogP contribution in [0.3, 0.4) is 0 Å². The van der Waals surface area contributed by atoms with Crippen molar-refractivity contribution in [1.29, 1.82) is 5.26 Å². The van der Waals surface area contributed by atoms with Crippen molar-refractivity contribution in [3.63, 3.8) is 0 Å². The van der Waals surface area contributed by atoms with E-state index in [1.54, 1.807) is 17.0 Å². The van der Waals surface area contributed by atoms with Crippen LogP contribution in [0.25, 0.3) is 0 Å². The standard InChI is InChI=1S/C16H14N2O/c17-12-7-13-18(15-10-5-2-6-11-15)16(19)14-8-3-1-4-9-14/h1-6,8-11H,7,13H2. The van der Waals surface area contributed by atoms with Crippen LogP contribution >= 0.6 is 0 Å². The summed E-state index contributed by atoms with van der Waals surface area (Å²) >= 11 is 0. The molecule has 0 aliphatic rings. The molecular weight excluding hydrogens is 236 g/mol. The van der Waals surface area contributed by atoms with Gasteiger partial charge in [0, 0.05) is 17.8 Å². The molecule has 0 aliphatic carbocycles. The van der Waals surface area contributed by atoms with Crippen molar-refractivity contribution in [2.75, 3.05) is 11.4 Å². The summed E-state index contributed by atoms with van der Waals surface area (Å²) in [6, 6.07) is 20.6. The largest absolute Gasteiger partial charge is 0.307 e. The molecule has 0 heterocycles. The summed E-state index contributed by atoms with van der Waals surface area (Å²) in [5, 5.41) is 8.73. The number of amides is 1. The van der Waals surface area contributed by atoms with Crippen molar-refractivity contribution >= 4 is 11.6 Å². The fraction of sp³-hybridized carbons (Fsp3) is 0.125. The number of para-hydroxylation sites is 1. The van der Waals surface area contributed by atoms with Crippen molar-refractivity contribution in [2.24, 2.45) is 0 Å². The maximum atomic E-state index is 12.5. The van der Waals surface area contributed by atoms with Crippen molar-refractivity contribution < 1.29 is 4.79 Å². The summed E-state index contributed by atoms with van der Waals surface area (Å²) in [5.41, 5.74) is 1.44. The molecule has 0 aromatic heterocycles. The molecule has 19 heavy (non-hydrogen) atoms. The molecule has 94 valence electrons. The van der Waals surface area contributed by atoms with Gasteiger partial charge in [0.05, 0.1) is 12.5 Å². The van der Waals surface area contributed by atoms with E-state index in [2.05, 4.69) is 6.07 Å². The first-order valence-electron chi connectivity index (χ1n) is 6.12. The number of carbonyl (C=O) groups is 1. The highest BCUT2D eigenvalue weighted by atomic mass is 16.2. The molecule has 0 spiro atoms. The molecule has 0 radical (unpaired) electrons. The lowest BCUT2D eigenvalue weighted by Gasteiger charge is -2.21. The molecular formula is C16H14N2O. The van der Waals surface area contributed by atoms with E-state index in [9.17, 15) is 4.79 Å². The van der Waals surface area contributed by atoms with E-state index in [1.807, 2.05) is 48.5 Å². The summed E-state index contributed by atoms with van der Waals surface area (Å²) in [6.07, 6.45) is 0.313. The molecule has 0 fully saturated rings. The Morgan fingerprint density at radius 2 is 1.58 bits per heavy atom. The Balaban J connectivity index is 2.29. The summed E-state index contributed by atoms with van der Waals surface area (Å²) in [5.74, 6) is -0.0814. The Bertz CT molecular complexity index is 573. The second-order valence-electron chi connectivity index (χ2n) is 4.07. The van der Waals surface area contributed by atoms with Gasteiger partial charge in [0.25, 0.3) is 5.91 Å². The summed E-state index contributed by atoms with van der Waals surface area (Å²) in [6.45, 7) is 0.397. The van der Waals surface area contributed by atoms with Crippen LogP contribution in [-0.2, 0) is 0 Å². The van der Waals surface area contributed by atoms with Gasteiger partial charge in [0.2, 0.25) is 0 Å². The van der Waals surface area contributed by atoms with E-state index in [4.69, 9.17) is 5.26 Å². The van der Waals surface area contributed by atoms with Crippen LogP contribution in [0.5, 0.6) is 0 Å². The zero-order valence-electron chi connectivity index (χ0n) is 10.5. The zero-order valence-corrected chi connectivity index (χ0v) is 10.5. The van der Waals surface area contributed by atoms with Gasteiger partial charge in [-0.3, -0.25) is 4.79 Å². The molecule has 2 aromatic rings.